The van der Waals surface area contributed by atoms with Crippen molar-refractivity contribution in [2.24, 2.45) is 5.73 Å². The van der Waals surface area contributed by atoms with Crippen LogP contribution in [0, 0.1) is 0 Å². The Hall–Kier alpha value is -1.13. The molecule has 2 aromatic rings. The van der Waals surface area contributed by atoms with E-state index >= 15 is 0 Å². The van der Waals surface area contributed by atoms with E-state index in [1.54, 1.807) is 0 Å². The first-order valence-electron chi connectivity index (χ1n) is 5.77. The molecule has 2 N–H and O–H groups in total. The third kappa shape index (κ3) is 2.58. The van der Waals surface area contributed by atoms with Crippen LogP contribution in [-0.4, -0.2) is 16.1 Å². The Morgan fingerprint density at radius 2 is 2.24 bits per heavy atom. The molecule has 90 valence electrons. The van der Waals surface area contributed by atoms with Crippen molar-refractivity contribution < 1.29 is 0 Å². The van der Waals surface area contributed by atoms with Crippen LogP contribution in [0.2, 0.25) is 0 Å². The summed E-state index contributed by atoms with van der Waals surface area (Å²) in [6.07, 6.45) is 5.64. The number of imidazole rings is 1. The van der Waals surface area contributed by atoms with Gasteiger partial charge in [-0.1, -0.05) is 22.9 Å². The lowest BCUT2D eigenvalue weighted by atomic mass is 10.1. The standard InChI is InChI=1S/C13H16BrN3/c1-2-13-16-7-8-17(13)12-4-3-11(14)9-10(12)5-6-15/h3-4,7-9H,2,5-6,15H2,1H3. The van der Waals surface area contributed by atoms with Crippen LogP contribution in [0.1, 0.15) is 18.3 Å². The molecule has 0 aliphatic heterocycles. The third-order valence-corrected chi connectivity index (χ3v) is 3.24. The number of halogens is 1. The van der Waals surface area contributed by atoms with Gasteiger partial charge in [0.15, 0.2) is 0 Å². The summed E-state index contributed by atoms with van der Waals surface area (Å²) in [5.41, 5.74) is 8.08. The second kappa shape index (κ2) is 5.47. The minimum Gasteiger partial charge on any atom is -0.330 e. The van der Waals surface area contributed by atoms with Gasteiger partial charge in [-0.25, -0.2) is 4.98 Å². The molecule has 0 radical (unpaired) electrons. The van der Waals surface area contributed by atoms with Crippen molar-refractivity contribution in [3.05, 3.63) is 46.5 Å². The average molecular weight is 294 g/mol. The number of rotatable bonds is 4. The lowest BCUT2D eigenvalue weighted by Crippen LogP contribution is -2.08. The van der Waals surface area contributed by atoms with Crippen LogP contribution < -0.4 is 5.73 Å². The molecule has 17 heavy (non-hydrogen) atoms. The molecule has 0 spiro atoms. The van der Waals surface area contributed by atoms with E-state index in [0.29, 0.717) is 6.54 Å². The molecule has 0 amide bonds. The van der Waals surface area contributed by atoms with Crippen molar-refractivity contribution in [3.63, 3.8) is 0 Å². The number of aromatic nitrogens is 2. The van der Waals surface area contributed by atoms with Crippen molar-refractivity contribution in [3.8, 4) is 5.69 Å². The Kier molecular flexibility index (Phi) is 3.97. The van der Waals surface area contributed by atoms with Gasteiger partial charge < -0.3 is 10.3 Å². The fourth-order valence-corrected chi connectivity index (χ4v) is 2.37. The Morgan fingerprint density at radius 1 is 1.41 bits per heavy atom. The number of hydrogen-bond acceptors (Lipinski definition) is 2. The minimum absolute atomic E-state index is 0.652. The fraction of sp³-hybridized carbons (Fsp3) is 0.308. The number of nitrogens with zero attached hydrogens (tertiary/aromatic N) is 2. The van der Waals surface area contributed by atoms with Crippen LogP contribution in [0.15, 0.2) is 35.1 Å². The van der Waals surface area contributed by atoms with Gasteiger partial charge in [-0.2, -0.15) is 0 Å². The van der Waals surface area contributed by atoms with Crippen LogP contribution >= 0.6 is 15.9 Å². The van der Waals surface area contributed by atoms with Crippen LogP contribution in [0.3, 0.4) is 0 Å². The maximum absolute atomic E-state index is 5.66. The molecule has 0 bridgehead atoms. The second-order valence-electron chi connectivity index (χ2n) is 3.88. The first-order valence-corrected chi connectivity index (χ1v) is 6.56. The van der Waals surface area contributed by atoms with Crippen molar-refractivity contribution in [2.75, 3.05) is 6.54 Å². The highest BCUT2D eigenvalue weighted by Gasteiger charge is 2.08. The van der Waals surface area contributed by atoms with Gasteiger partial charge in [0.05, 0.1) is 5.69 Å². The Labute approximate surface area is 110 Å². The predicted octanol–water partition coefficient (Wildman–Crippen LogP) is 2.70. The average Bonchev–Trinajstić information content (AvgIpc) is 2.78. The SMILES string of the molecule is CCc1nccn1-c1ccc(Br)cc1CCN. The molecule has 2 rings (SSSR count). The zero-order chi connectivity index (χ0) is 12.3. The van der Waals surface area contributed by atoms with E-state index in [1.165, 1.54) is 11.3 Å². The smallest absolute Gasteiger partial charge is 0.112 e. The summed E-state index contributed by atoms with van der Waals surface area (Å²) in [5, 5.41) is 0. The summed E-state index contributed by atoms with van der Waals surface area (Å²) >= 11 is 3.50. The Balaban J connectivity index is 2.50. The van der Waals surface area contributed by atoms with E-state index in [-0.39, 0.29) is 0 Å². The largest absolute Gasteiger partial charge is 0.330 e. The Bertz CT molecular complexity index is 505. The third-order valence-electron chi connectivity index (χ3n) is 2.75. The molecule has 1 heterocycles. The van der Waals surface area contributed by atoms with Crippen LogP contribution in [0.25, 0.3) is 5.69 Å². The number of aryl methyl sites for hydroxylation is 1. The zero-order valence-electron chi connectivity index (χ0n) is 9.86. The molecule has 0 saturated carbocycles. The molecular formula is C13H16BrN3. The van der Waals surface area contributed by atoms with Crippen molar-refractivity contribution in [1.82, 2.24) is 9.55 Å². The highest BCUT2D eigenvalue weighted by Crippen LogP contribution is 2.21. The van der Waals surface area contributed by atoms with Crippen molar-refractivity contribution in [1.29, 1.82) is 0 Å². The quantitative estimate of drug-likeness (QED) is 0.942. The fourth-order valence-electron chi connectivity index (χ4n) is 1.96. The molecule has 0 saturated heterocycles. The van der Waals surface area contributed by atoms with E-state index < -0.39 is 0 Å². The minimum atomic E-state index is 0.652. The predicted molar refractivity (Wildman–Crippen MR) is 73.4 cm³/mol. The Morgan fingerprint density at radius 3 is 2.94 bits per heavy atom. The van der Waals surface area contributed by atoms with E-state index in [1.807, 2.05) is 12.4 Å². The molecule has 0 fully saturated rings. The molecule has 0 unspecified atom stereocenters. The highest BCUT2D eigenvalue weighted by molar-refractivity contribution is 9.10. The monoisotopic (exact) mass is 293 g/mol. The van der Waals surface area contributed by atoms with Gasteiger partial charge >= 0.3 is 0 Å². The lowest BCUT2D eigenvalue weighted by Gasteiger charge is -2.12. The summed E-state index contributed by atoms with van der Waals surface area (Å²) in [6.45, 7) is 2.76. The summed E-state index contributed by atoms with van der Waals surface area (Å²) in [4.78, 5) is 4.35. The molecule has 1 aromatic carbocycles. The first-order chi connectivity index (χ1) is 8.26. The first kappa shape index (κ1) is 12.3. The van der Waals surface area contributed by atoms with Gasteiger partial charge in [0.1, 0.15) is 5.82 Å². The number of nitrogens with two attached hydrogens (primary N) is 1. The van der Waals surface area contributed by atoms with E-state index in [4.69, 9.17) is 5.73 Å². The lowest BCUT2D eigenvalue weighted by molar-refractivity contribution is 0.867. The molecular weight excluding hydrogens is 278 g/mol. The molecule has 0 aliphatic rings. The maximum atomic E-state index is 5.66. The molecule has 1 aromatic heterocycles. The van der Waals surface area contributed by atoms with Crippen molar-refractivity contribution >= 4 is 15.9 Å². The van der Waals surface area contributed by atoms with Gasteiger partial charge in [0.25, 0.3) is 0 Å². The summed E-state index contributed by atoms with van der Waals surface area (Å²) in [7, 11) is 0. The van der Waals surface area contributed by atoms with Gasteiger partial charge in [-0.15, -0.1) is 0 Å². The van der Waals surface area contributed by atoms with E-state index in [2.05, 4.69) is 50.6 Å². The van der Waals surface area contributed by atoms with Gasteiger partial charge in [-0.05, 0) is 36.7 Å². The molecule has 3 nitrogen and oxygen atoms in total. The van der Waals surface area contributed by atoms with Crippen LogP contribution in [-0.2, 0) is 12.8 Å². The summed E-state index contributed by atoms with van der Waals surface area (Å²) in [6, 6.07) is 6.28. The van der Waals surface area contributed by atoms with E-state index in [9.17, 15) is 0 Å². The van der Waals surface area contributed by atoms with Crippen LogP contribution in [0.4, 0.5) is 0 Å². The summed E-state index contributed by atoms with van der Waals surface area (Å²) in [5.74, 6) is 1.07. The molecule has 4 heteroatoms. The molecule has 0 aliphatic carbocycles. The maximum Gasteiger partial charge on any atom is 0.112 e. The number of benzene rings is 1. The van der Waals surface area contributed by atoms with Gasteiger partial charge in [0.2, 0.25) is 0 Å². The van der Waals surface area contributed by atoms with Crippen LogP contribution in [0.5, 0.6) is 0 Å². The molecule has 0 atom stereocenters. The summed E-state index contributed by atoms with van der Waals surface area (Å²) < 4.78 is 3.22. The second-order valence-corrected chi connectivity index (χ2v) is 4.79. The normalized spacial score (nSPS) is 10.8. The van der Waals surface area contributed by atoms with Gasteiger partial charge in [-0.3, -0.25) is 0 Å². The van der Waals surface area contributed by atoms with E-state index in [0.717, 1.165) is 23.1 Å². The van der Waals surface area contributed by atoms with Gasteiger partial charge in [0, 0.05) is 23.3 Å². The van der Waals surface area contributed by atoms with Crippen molar-refractivity contribution in [2.45, 2.75) is 19.8 Å². The zero-order valence-corrected chi connectivity index (χ0v) is 11.4. The topological polar surface area (TPSA) is 43.8 Å². The number of hydrogen-bond donors (Lipinski definition) is 1. The highest BCUT2D eigenvalue weighted by atomic mass is 79.9.